The molecule has 16 heavy (non-hydrogen) atoms. The average molecular weight is 221 g/mol. The van der Waals surface area contributed by atoms with E-state index in [1.54, 1.807) is 0 Å². The molecule has 0 saturated carbocycles. The summed E-state index contributed by atoms with van der Waals surface area (Å²) >= 11 is 0. The Hall–Kier alpha value is -1.35. The number of carboxylic acids is 1. The van der Waals surface area contributed by atoms with Gasteiger partial charge in [0.15, 0.2) is 0 Å². The first-order valence-corrected chi connectivity index (χ1v) is 5.51. The highest BCUT2D eigenvalue weighted by Crippen LogP contribution is 2.11. The van der Waals surface area contributed by atoms with Gasteiger partial charge in [0, 0.05) is 6.54 Å². The summed E-state index contributed by atoms with van der Waals surface area (Å²) in [7, 11) is 3.80. The van der Waals surface area contributed by atoms with Crippen LogP contribution in [0.4, 0.5) is 0 Å². The molecule has 0 saturated heterocycles. The van der Waals surface area contributed by atoms with Gasteiger partial charge in [-0.1, -0.05) is 30.3 Å². The number of carbonyl (C=O) groups is 1. The van der Waals surface area contributed by atoms with E-state index in [1.165, 1.54) is 5.56 Å². The van der Waals surface area contributed by atoms with Crippen LogP contribution in [0, 0.1) is 5.92 Å². The fourth-order valence-electron chi connectivity index (χ4n) is 1.72. The molecular formula is C13H19NO2. The summed E-state index contributed by atoms with van der Waals surface area (Å²) in [5, 5.41) is 9.07. The molecule has 88 valence electrons. The molecule has 0 spiro atoms. The van der Waals surface area contributed by atoms with E-state index in [4.69, 9.17) is 5.11 Å². The van der Waals surface area contributed by atoms with Crippen molar-refractivity contribution in [1.82, 2.24) is 4.90 Å². The minimum Gasteiger partial charge on any atom is -0.481 e. The van der Waals surface area contributed by atoms with Crippen molar-refractivity contribution in [2.75, 3.05) is 20.6 Å². The number of nitrogens with zero attached hydrogens (tertiary/aromatic N) is 1. The molecular weight excluding hydrogens is 202 g/mol. The van der Waals surface area contributed by atoms with Crippen LogP contribution < -0.4 is 0 Å². The van der Waals surface area contributed by atoms with E-state index < -0.39 is 5.97 Å². The van der Waals surface area contributed by atoms with Crippen LogP contribution in [-0.2, 0) is 11.2 Å². The van der Waals surface area contributed by atoms with Crippen LogP contribution in [0.15, 0.2) is 30.3 Å². The first-order chi connectivity index (χ1) is 7.59. The fraction of sp³-hybridized carbons (Fsp3) is 0.462. The van der Waals surface area contributed by atoms with Crippen LogP contribution >= 0.6 is 0 Å². The highest BCUT2D eigenvalue weighted by Gasteiger charge is 2.17. The number of carboxylic acid groups (broad SMARTS) is 1. The zero-order chi connectivity index (χ0) is 12.0. The average Bonchev–Trinajstić information content (AvgIpc) is 2.25. The smallest absolute Gasteiger partial charge is 0.307 e. The van der Waals surface area contributed by atoms with Crippen molar-refractivity contribution >= 4 is 5.97 Å². The highest BCUT2D eigenvalue weighted by molar-refractivity contribution is 5.70. The van der Waals surface area contributed by atoms with Crippen molar-refractivity contribution in [2.45, 2.75) is 12.8 Å². The Labute approximate surface area is 96.7 Å². The lowest BCUT2D eigenvalue weighted by atomic mass is 9.99. The molecule has 1 N–H and O–H groups in total. The van der Waals surface area contributed by atoms with Gasteiger partial charge in [-0.3, -0.25) is 4.79 Å². The molecule has 0 radical (unpaired) electrons. The highest BCUT2D eigenvalue weighted by atomic mass is 16.4. The lowest BCUT2D eigenvalue weighted by Gasteiger charge is -2.17. The quantitative estimate of drug-likeness (QED) is 0.797. The Balaban J connectivity index is 2.47. The Morgan fingerprint density at radius 2 is 1.94 bits per heavy atom. The van der Waals surface area contributed by atoms with Crippen LogP contribution in [0.1, 0.15) is 12.0 Å². The molecule has 3 nitrogen and oxygen atoms in total. The van der Waals surface area contributed by atoms with Crippen molar-refractivity contribution < 1.29 is 9.90 Å². The zero-order valence-corrected chi connectivity index (χ0v) is 9.89. The molecule has 0 fully saturated rings. The molecule has 0 aliphatic heterocycles. The Bertz CT molecular complexity index is 322. The third-order valence-electron chi connectivity index (χ3n) is 2.56. The van der Waals surface area contributed by atoms with Gasteiger partial charge in [-0.2, -0.15) is 0 Å². The number of aryl methyl sites for hydroxylation is 1. The second-order valence-corrected chi connectivity index (χ2v) is 4.32. The molecule has 1 aromatic rings. The Kier molecular flexibility index (Phi) is 4.99. The minimum atomic E-state index is -0.704. The topological polar surface area (TPSA) is 40.5 Å². The number of hydrogen-bond donors (Lipinski definition) is 1. The summed E-state index contributed by atoms with van der Waals surface area (Å²) in [6, 6.07) is 10.0. The third kappa shape index (κ3) is 4.45. The van der Waals surface area contributed by atoms with Gasteiger partial charge in [-0.05, 0) is 32.5 Å². The lowest BCUT2D eigenvalue weighted by Crippen LogP contribution is -2.28. The number of hydrogen-bond acceptors (Lipinski definition) is 2. The maximum Gasteiger partial charge on any atom is 0.307 e. The summed E-state index contributed by atoms with van der Waals surface area (Å²) in [5.74, 6) is -0.986. The summed E-state index contributed by atoms with van der Waals surface area (Å²) in [6.07, 6.45) is 1.52. The van der Waals surface area contributed by atoms with Crippen molar-refractivity contribution in [3.8, 4) is 0 Å². The normalized spacial score (nSPS) is 12.7. The van der Waals surface area contributed by atoms with E-state index in [-0.39, 0.29) is 5.92 Å². The van der Waals surface area contributed by atoms with Gasteiger partial charge in [0.1, 0.15) is 0 Å². The molecule has 1 aromatic carbocycles. The SMILES string of the molecule is CN(C)CC(CCc1ccccc1)C(=O)O. The molecule has 1 atom stereocenters. The van der Waals surface area contributed by atoms with Gasteiger partial charge < -0.3 is 10.0 Å². The standard InChI is InChI=1S/C13H19NO2/c1-14(2)10-12(13(15)16)9-8-11-6-4-3-5-7-11/h3-7,12H,8-10H2,1-2H3,(H,15,16). The van der Waals surface area contributed by atoms with Crippen LogP contribution in [0.25, 0.3) is 0 Å². The predicted octanol–water partition coefficient (Wildman–Crippen LogP) is 1.88. The van der Waals surface area contributed by atoms with Crippen LogP contribution in [0.5, 0.6) is 0 Å². The van der Waals surface area contributed by atoms with Crippen LogP contribution in [0.3, 0.4) is 0 Å². The summed E-state index contributed by atoms with van der Waals surface area (Å²) in [4.78, 5) is 12.9. The Morgan fingerprint density at radius 3 is 2.44 bits per heavy atom. The maximum absolute atomic E-state index is 11.0. The second kappa shape index (κ2) is 6.28. The number of aliphatic carboxylic acids is 1. The molecule has 0 amide bonds. The second-order valence-electron chi connectivity index (χ2n) is 4.32. The Morgan fingerprint density at radius 1 is 1.31 bits per heavy atom. The first kappa shape index (κ1) is 12.7. The fourth-order valence-corrected chi connectivity index (χ4v) is 1.72. The van der Waals surface area contributed by atoms with Gasteiger partial charge in [0.25, 0.3) is 0 Å². The van der Waals surface area contributed by atoms with E-state index in [1.807, 2.05) is 49.3 Å². The van der Waals surface area contributed by atoms with Crippen LogP contribution in [-0.4, -0.2) is 36.6 Å². The van der Waals surface area contributed by atoms with Gasteiger partial charge in [-0.25, -0.2) is 0 Å². The monoisotopic (exact) mass is 221 g/mol. The molecule has 0 aliphatic rings. The van der Waals surface area contributed by atoms with E-state index in [0.717, 1.165) is 6.42 Å². The molecule has 0 bridgehead atoms. The molecule has 1 rings (SSSR count). The van der Waals surface area contributed by atoms with E-state index in [9.17, 15) is 4.79 Å². The van der Waals surface area contributed by atoms with Crippen molar-refractivity contribution in [2.24, 2.45) is 5.92 Å². The zero-order valence-electron chi connectivity index (χ0n) is 9.89. The number of rotatable bonds is 6. The molecule has 0 aromatic heterocycles. The van der Waals surface area contributed by atoms with Gasteiger partial charge in [0.2, 0.25) is 0 Å². The molecule has 1 unspecified atom stereocenters. The molecule has 0 heterocycles. The van der Waals surface area contributed by atoms with Crippen molar-refractivity contribution in [3.63, 3.8) is 0 Å². The van der Waals surface area contributed by atoms with Crippen molar-refractivity contribution in [1.29, 1.82) is 0 Å². The molecule has 3 heteroatoms. The van der Waals surface area contributed by atoms with E-state index >= 15 is 0 Å². The van der Waals surface area contributed by atoms with Gasteiger partial charge in [0.05, 0.1) is 5.92 Å². The van der Waals surface area contributed by atoms with Crippen molar-refractivity contribution in [3.05, 3.63) is 35.9 Å². The van der Waals surface area contributed by atoms with E-state index in [2.05, 4.69) is 0 Å². The first-order valence-electron chi connectivity index (χ1n) is 5.51. The maximum atomic E-state index is 11.0. The van der Waals surface area contributed by atoms with Crippen LogP contribution in [0.2, 0.25) is 0 Å². The summed E-state index contributed by atoms with van der Waals surface area (Å²) < 4.78 is 0. The third-order valence-corrected chi connectivity index (χ3v) is 2.56. The van der Waals surface area contributed by atoms with Gasteiger partial charge in [-0.15, -0.1) is 0 Å². The largest absolute Gasteiger partial charge is 0.481 e. The summed E-state index contributed by atoms with van der Waals surface area (Å²) in [5.41, 5.74) is 1.20. The number of benzene rings is 1. The van der Waals surface area contributed by atoms with E-state index in [0.29, 0.717) is 13.0 Å². The minimum absolute atomic E-state index is 0.282. The molecule has 0 aliphatic carbocycles. The lowest BCUT2D eigenvalue weighted by molar-refractivity contribution is -0.142. The van der Waals surface area contributed by atoms with Gasteiger partial charge >= 0.3 is 5.97 Å². The summed E-state index contributed by atoms with van der Waals surface area (Å²) in [6.45, 7) is 0.599. The predicted molar refractivity (Wildman–Crippen MR) is 64.4 cm³/mol.